The molecule has 172 valence electrons. The van der Waals surface area contributed by atoms with Crippen molar-refractivity contribution in [2.24, 2.45) is 10.9 Å². The number of amidine groups is 1. The van der Waals surface area contributed by atoms with Gasteiger partial charge in [-0.05, 0) is 35.4 Å². The maximum Gasteiger partial charge on any atom is 0.323 e. The lowest BCUT2D eigenvalue weighted by Gasteiger charge is -2.22. The van der Waals surface area contributed by atoms with Gasteiger partial charge in [0.15, 0.2) is 0 Å². The lowest BCUT2D eigenvalue weighted by Crippen LogP contribution is -2.36. The van der Waals surface area contributed by atoms with Crippen LogP contribution in [0.4, 0.5) is 10.5 Å². The number of primary sulfonamides is 1. The van der Waals surface area contributed by atoms with E-state index in [2.05, 4.69) is 5.32 Å². The smallest absolute Gasteiger partial charge is 0.323 e. The molecule has 0 aliphatic rings. The van der Waals surface area contributed by atoms with Crippen molar-refractivity contribution < 1.29 is 17.9 Å². The monoisotopic (exact) mass is 467 g/mol. The quantitative estimate of drug-likeness (QED) is 0.228. The summed E-state index contributed by atoms with van der Waals surface area (Å²) in [6.45, 7) is 0.302. The van der Waals surface area contributed by atoms with Gasteiger partial charge < -0.3 is 15.8 Å². The van der Waals surface area contributed by atoms with E-state index in [1.165, 1.54) is 18.1 Å². The molecule has 0 aliphatic heterocycles. The molecule has 3 rings (SSSR count). The fourth-order valence-corrected chi connectivity index (χ4v) is 4.04. The molecule has 33 heavy (non-hydrogen) atoms. The standard InChI is InChI=1S/C23H25N5O4S/c1-32-15-28(14-16-5-4-6-18(13-16)22(24)25)23(29)27-19-11-9-17(10-12-19)20-7-2-3-8-21(20)33(26,30)31/h2-13H,14-15H2,1H3,(H3,24,25)(H,27,29)(H2,26,30,31). The first-order valence-corrected chi connectivity index (χ1v) is 11.4. The third kappa shape index (κ3) is 6.16. The lowest BCUT2D eigenvalue weighted by atomic mass is 10.1. The number of nitrogens with zero attached hydrogens (tertiary/aromatic N) is 1. The van der Waals surface area contributed by atoms with E-state index in [1.807, 2.05) is 6.07 Å². The third-order valence-electron chi connectivity index (χ3n) is 4.82. The number of hydrogen-bond donors (Lipinski definition) is 4. The minimum Gasteiger partial charge on any atom is -0.384 e. The number of anilines is 1. The summed E-state index contributed by atoms with van der Waals surface area (Å²) in [5.74, 6) is -0.0521. The average molecular weight is 468 g/mol. The molecule has 6 N–H and O–H groups in total. The molecule has 3 aromatic carbocycles. The number of amides is 2. The van der Waals surface area contributed by atoms with E-state index in [9.17, 15) is 13.2 Å². The van der Waals surface area contributed by atoms with Crippen LogP contribution in [0.25, 0.3) is 11.1 Å². The second kappa shape index (κ2) is 10.3. The van der Waals surface area contributed by atoms with E-state index in [4.69, 9.17) is 21.0 Å². The molecule has 10 heteroatoms. The largest absolute Gasteiger partial charge is 0.384 e. The van der Waals surface area contributed by atoms with Crippen LogP contribution in [0.15, 0.2) is 77.7 Å². The fourth-order valence-electron chi connectivity index (χ4n) is 3.28. The summed E-state index contributed by atoms with van der Waals surface area (Å²) in [4.78, 5) is 14.3. The highest BCUT2D eigenvalue weighted by Gasteiger charge is 2.16. The zero-order valence-corrected chi connectivity index (χ0v) is 18.8. The number of sulfonamides is 1. The van der Waals surface area contributed by atoms with Crippen LogP contribution in [0.5, 0.6) is 0 Å². The molecule has 0 spiro atoms. The van der Waals surface area contributed by atoms with Gasteiger partial charge in [0.05, 0.1) is 4.90 Å². The van der Waals surface area contributed by atoms with Crippen LogP contribution >= 0.6 is 0 Å². The van der Waals surface area contributed by atoms with Crippen molar-refractivity contribution >= 4 is 27.6 Å². The van der Waals surface area contributed by atoms with E-state index in [0.29, 0.717) is 22.4 Å². The number of carbonyl (C=O) groups is 1. The van der Waals surface area contributed by atoms with Gasteiger partial charge in [0.25, 0.3) is 0 Å². The predicted octanol–water partition coefficient (Wildman–Crippen LogP) is 2.92. The maximum absolute atomic E-state index is 12.8. The van der Waals surface area contributed by atoms with Gasteiger partial charge in [0.2, 0.25) is 10.0 Å². The second-order valence-corrected chi connectivity index (χ2v) is 8.81. The van der Waals surface area contributed by atoms with E-state index < -0.39 is 10.0 Å². The highest BCUT2D eigenvalue weighted by molar-refractivity contribution is 7.89. The van der Waals surface area contributed by atoms with Gasteiger partial charge in [0, 0.05) is 30.5 Å². The van der Waals surface area contributed by atoms with Crippen LogP contribution in [-0.4, -0.2) is 39.0 Å². The van der Waals surface area contributed by atoms with Crippen LogP contribution < -0.4 is 16.2 Å². The van der Waals surface area contributed by atoms with Crippen molar-refractivity contribution in [3.05, 3.63) is 83.9 Å². The number of nitrogen functional groups attached to an aromatic ring is 1. The molecule has 0 atom stereocenters. The first kappa shape index (κ1) is 23.9. The number of hydrogen-bond acceptors (Lipinski definition) is 5. The van der Waals surface area contributed by atoms with E-state index in [0.717, 1.165) is 5.56 Å². The summed E-state index contributed by atoms with van der Waals surface area (Å²) in [6, 6.07) is 19.9. The Kier molecular flexibility index (Phi) is 7.44. The Morgan fingerprint density at radius 1 is 1.06 bits per heavy atom. The highest BCUT2D eigenvalue weighted by Crippen LogP contribution is 2.27. The molecule has 0 fully saturated rings. The van der Waals surface area contributed by atoms with Gasteiger partial charge in [-0.15, -0.1) is 0 Å². The lowest BCUT2D eigenvalue weighted by molar-refractivity contribution is 0.0839. The Hall–Kier alpha value is -3.73. The Bertz CT molecular complexity index is 1260. The minimum absolute atomic E-state index is 0.0286. The molecule has 0 bridgehead atoms. The molecule has 2 amide bonds. The molecule has 0 aromatic heterocycles. The Labute approximate surface area is 192 Å². The summed E-state index contributed by atoms with van der Waals surface area (Å²) >= 11 is 0. The maximum atomic E-state index is 12.8. The predicted molar refractivity (Wildman–Crippen MR) is 127 cm³/mol. The van der Waals surface area contributed by atoms with Gasteiger partial charge in [-0.2, -0.15) is 0 Å². The Morgan fingerprint density at radius 2 is 1.76 bits per heavy atom. The van der Waals surface area contributed by atoms with Crippen LogP contribution in [-0.2, 0) is 21.3 Å². The van der Waals surface area contributed by atoms with Gasteiger partial charge in [-0.1, -0.05) is 48.5 Å². The number of nitrogens with two attached hydrogens (primary N) is 2. The van der Waals surface area contributed by atoms with Gasteiger partial charge in [-0.3, -0.25) is 10.3 Å². The zero-order chi connectivity index (χ0) is 24.0. The summed E-state index contributed by atoms with van der Waals surface area (Å²) in [7, 11) is -2.39. The number of methoxy groups -OCH3 is 1. The van der Waals surface area contributed by atoms with Crippen LogP contribution in [0.1, 0.15) is 11.1 Å². The van der Waals surface area contributed by atoms with Crippen molar-refractivity contribution in [2.45, 2.75) is 11.4 Å². The first-order chi connectivity index (χ1) is 15.7. The summed E-state index contributed by atoms with van der Waals surface area (Å²) in [5.41, 5.74) is 8.56. The van der Waals surface area contributed by atoms with Crippen molar-refractivity contribution in [2.75, 3.05) is 19.2 Å². The SMILES string of the molecule is COCN(Cc1cccc(C(=N)N)c1)C(=O)Nc1ccc(-c2ccccc2S(N)(=O)=O)cc1. The number of benzene rings is 3. The molecular formula is C23H25N5O4S. The van der Waals surface area contributed by atoms with Crippen molar-refractivity contribution in [1.82, 2.24) is 4.90 Å². The molecular weight excluding hydrogens is 442 g/mol. The highest BCUT2D eigenvalue weighted by atomic mass is 32.2. The van der Waals surface area contributed by atoms with Crippen molar-refractivity contribution in [1.29, 1.82) is 5.41 Å². The molecule has 0 heterocycles. The van der Waals surface area contributed by atoms with E-state index >= 15 is 0 Å². The molecule has 0 saturated heterocycles. The zero-order valence-electron chi connectivity index (χ0n) is 18.0. The second-order valence-electron chi connectivity index (χ2n) is 7.28. The normalized spacial score (nSPS) is 11.1. The summed E-state index contributed by atoms with van der Waals surface area (Å²) in [6.07, 6.45) is 0. The van der Waals surface area contributed by atoms with Crippen molar-refractivity contribution in [3.63, 3.8) is 0 Å². The number of carbonyl (C=O) groups excluding carboxylic acids is 1. The summed E-state index contributed by atoms with van der Waals surface area (Å²) < 4.78 is 28.9. The van der Waals surface area contributed by atoms with Crippen LogP contribution in [0, 0.1) is 5.41 Å². The van der Waals surface area contributed by atoms with E-state index in [-0.39, 0.29) is 30.0 Å². The Morgan fingerprint density at radius 3 is 2.39 bits per heavy atom. The third-order valence-corrected chi connectivity index (χ3v) is 5.79. The van der Waals surface area contributed by atoms with Crippen LogP contribution in [0.2, 0.25) is 0 Å². The minimum atomic E-state index is -3.88. The molecule has 0 radical (unpaired) electrons. The Balaban J connectivity index is 1.76. The molecule has 0 unspecified atom stereocenters. The topological polar surface area (TPSA) is 152 Å². The number of ether oxygens (including phenoxy) is 1. The molecule has 9 nitrogen and oxygen atoms in total. The van der Waals surface area contributed by atoms with Crippen LogP contribution in [0.3, 0.4) is 0 Å². The van der Waals surface area contributed by atoms with Crippen molar-refractivity contribution in [3.8, 4) is 11.1 Å². The van der Waals surface area contributed by atoms with E-state index in [1.54, 1.807) is 60.7 Å². The first-order valence-electron chi connectivity index (χ1n) is 9.89. The molecule has 0 saturated carbocycles. The van der Waals surface area contributed by atoms with Gasteiger partial charge >= 0.3 is 6.03 Å². The number of nitrogens with one attached hydrogen (secondary N) is 2. The number of rotatable bonds is 8. The molecule has 0 aliphatic carbocycles. The fraction of sp³-hybridized carbons (Fsp3) is 0.130. The van der Waals surface area contributed by atoms with Gasteiger partial charge in [-0.25, -0.2) is 18.4 Å². The number of urea groups is 1. The molecule has 3 aromatic rings. The average Bonchev–Trinajstić information content (AvgIpc) is 2.79. The van der Waals surface area contributed by atoms with Gasteiger partial charge in [0.1, 0.15) is 12.6 Å². The summed E-state index contributed by atoms with van der Waals surface area (Å²) in [5, 5.41) is 15.7.